The standard InChI is InChI=1S/C18H16ClN5/c1-12-20-21-17-11-23(2)22-18(13-6-4-3-5-7-13)15-10-14(19)8-9-16(15)24(12)17/h3-10H,11H2,1-2H3/b22-18-. The van der Waals surface area contributed by atoms with Gasteiger partial charge in [0.15, 0.2) is 5.82 Å². The maximum absolute atomic E-state index is 6.29. The highest BCUT2D eigenvalue weighted by Gasteiger charge is 2.22. The van der Waals surface area contributed by atoms with Gasteiger partial charge in [-0.15, -0.1) is 10.2 Å². The summed E-state index contributed by atoms with van der Waals surface area (Å²) >= 11 is 6.29. The van der Waals surface area contributed by atoms with Crippen LogP contribution in [-0.2, 0) is 6.54 Å². The first kappa shape index (κ1) is 14.9. The lowest BCUT2D eigenvalue weighted by atomic mass is 10.00. The van der Waals surface area contributed by atoms with Gasteiger partial charge in [0.2, 0.25) is 0 Å². The van der Waals surface area contributed by atoms with Gasteiger partial charge >= 0.3 is 0 Å². The molecule has 1 aliphatic rings. The zero-order valence-corrected chi connectivity index (χ0v) is 14.2. The predicted molar refractivity (Wildman–Crippen MR) is 94.7 cm³/mol. The molecule has 0 fully saturated rings. The Bertz CT molecular complexity index is 930. The van der Waals surface area contributed by atoms with E-state index in [0.29, 0.717) is 11.6 Å². The number of benzene rings is 2. The number of fused-ring (bicyclic) bond motifs is 3. The summed E-state index contributed by atoms with van der Waals surface area (Å²) < 4.78 is 2.07. The highest BCUT2D eigenvalue weighted by Crippen LogP contribution is 2.27. The minimum absolute atomic E-state index is 0.583. The molecule has 0 N–H and O–H groups in total. The molecule has 0 atom stereocenters. The van der Waals surface area contributed by atoms with Crippen molar-refractivity contribution in [2.24, 2.45) is 5.10 Å². The Kier molecular flexibility index (Phi) is 3.58. The van der Waals surface area contributed by atoms with Crippen LogP contribution in [0.1, 0.15) is 22.8 Å². The molecule has 0 radical (unpaired) electrons. The summed E-state index contributed by atoms with van der Waals surface area (Å²) in [4.78, 5) is 0. The normalized spacial score (nSPS) is 15.8. The van der Waals surface area contributed by atoms with Crippen molar-refractivity contribution in [3.63, 3.8) is 0 Å². The van der Waals surface area contributed by atoms with E-state index in [4.69, 9.17) is 16.7 Å². The minimum atomic E-state index is 0.583. The average molecular weight is 338 g/mol. The number of nitrogens with zero attached hydrogens (tertiary/aromatic N) is 5. The Morgan fingerprint density at radius 3 is 2.62 bits per heavy atom. The van der Waals surface area contributed by atoms with E-state index in [2.05, 4.69) is 26.9 Å². The first-order chi connectivity index (χ1) is 11.6. The topological polar surface area (TPSA) is 46.3 Å². The Morgan fingerprint density at radius 1 is 1.04 bits per heavy atom. The number of aromatic nitrogens is 3. The van der Waals surface area contributed by atoms with Gasteiger partial charge < -0.3 is 0 Å². The van der Waals surface area contributed by atoms with Gasteiger partial charge in [0.05, 0.1) is 17.9 Å². The fourth-order valence-electron chi connectivity index (χ4n) is 2.99. The largest absolute Gasteiger partial charge is 0.292 e. The number of hydrazone groups is 1. The van der Waals surface area contributed by atoms with Gasteiger partial charge in [-0.05, 0) is 25.1 Å². The molecule has 6 heteroatoms. The van der Waals surface area contributed by atoms with Crippen molar-refractivity contribution >= 4 is 17.3 Å². The molecular weight excluding hydrogens is 322 g/mol. The first-order valence-corrected chi connectivity index (χ1v) is 8.07. The van der Waals surface area contributed by atoms with Crippen LogP contribution in [0.2, 0.25) is 5.02 Å². The van der Waals surface area contributed by atoms with Crippen LogP contribution < -0.4 is 0 Å². The second-order valence-electron chi connectivity index (χ2n) is 5.79. The number of hydrogen-bond acceptors (Lipinski definition) is 4. The summed E-state index contributed by atoms with van der Waals surface area (Å²) in [6.07, 6.45) is 0. The molecule has 24 heavy (non-hydrogen) atoms. The van der Waals surface area contributed by atoms with Gasteiger partial charge in [-0.3, -0.25) is 9.58 Å². The quantitative estimate of drug-likeness (QED) is 0.683. The van der Waals surface area contributed by atoms with Gasteiger partial charge in [-0.25, -0.2) is 0 Å². The number of halogens is 1. The molecule has 0 bridgehead atoms. The van der Waals surface area contributed by atoms with Crippen molar-refractivity contribution in [2.45, 2.75) is 13.5 Å². The third kappa shape index (κ3) is 2.47. The highest BCUT2D eigenvalue weighted by molar-refractivity contribution is 6.31. The van der Waals surface area contributed by atoms with Crippen LogP contribution in [0.4, 0.5) is 0 Å². The van der Waals surface area contributed by atoms with Crippen LogP contribution in [0.5, 0.6) is 0 Å². The summed E-state index contributed by atoms with van der Waals surface area (Å²) in [5.74, 6) is 1.70. The fraction of sp³-hybridized carbons (Fsp3) is 0.167. The molecule has 2 heterocycles. The molecule has 5 nitrogen and oxygen atoms in total. The van der Waals surface area contributed by atoms with Crippen molar-refractivity contribution in [3.05, 3.63) is 76.3 Å². The van der Waals surface area contributed by atoms with Crippen molar-refractivity contribution in [1.29, 1.82) is 0 Å². The van der Waals surface area contributed by atoms with Crippen LogP contribution in [0.3, 0.4) is 0 Å². The Labute approximate surface area is 145 Å². The molecule has 1 aliphatic heterocycles. The highest BCUT2D eigenvalue weighted by atomic mass is 35.5. The second kappa shape index (κ2) is 5.76. The molecule has 0 amide bonds. The van der Waals surface area contributed by atoms with Gasteiger partial charge in [0.25, 0.3) is 0 Å². The van der Waals surface area contributed by atoms with Gasteiger partial charge in [0.1, 0.15) is 5.82 Å². The van der Waals surface area contributed by atoms with E-state index in [9.17, 15) is 0 Å². The van der Waals surface area contributed by atoms with Crippen LogP contribution in [0.15, 0.2) is 53.6 Å². The van der Waals surface area contributed by atoms with Crippen molar-refractivity contribution < 1.29 is 0 Å². The number of hydrogen-bond donors (Lipinski definition) is 0. The maximum Gasteiger partial charge on any atom is 0.158 e. The van der Waals surface area contributed by atoms with E-state index in [1.807, 2.05) is 55.4 Å². The van der Waals surface area contributed by atoms with Crippen molar-refractivity contribution in [3.8, 4) is 5.69 Å². The molecule has 0 spiro atoms. The molecule has 2 aromatic carbocycles. The fourth-order valence-corrected chi connectivity index (χ4v) is 3.16. The molecule has 0 saturated heterocycles. The lowest BCUT2D eigenvalue weighted by Gasteiger charge is -2.23. The van der Waals surface area contributed by atoms with E-state index >= 15 is 0 Å². The van der Waals surface area contributed by atoms with Crippen LogP contribution in [0.25, 0.3) is 5.69 Å². The number of aryl methyl sites for hydroxylation is 1. The van der Waals surface area contributed by atoms with E-state index in [1.54, 1.807) is 0 Å². The zero-order chi connectivity index (χ0) is 16.7. The third-order valence-corrected chi connectivity index (χ3v) is 4.27. The lowest BCUT2D eigenvalue weighted by molar-refractivity contribution is 0.333. The molecule has 0 aliphatic carbocycles. The molecule has 3 aromatic rings. The second-order valence-corrected chi connectivity index (χ2v) is 6.23. The van der Waals surface area contributed by atoms with Gasteiger partial charge in [-0.1, -0.05) is 41.9 Å². The summed E-state index contributed by atoms with van der Waals surface area (Å²) in [7, 11) is 1.94. The Balaban J connectivity index is 2.04. The monoisotopic (exact) mass is 337 g/mol. The van der Waals surface area contributed by atoms with E-state index in [-0.39, 0.29) is 0 Å². The van der Waals surface area contributed by atoms with Crippen LogP contribution >= 0.6 is 11.6 Å². The summed E-state index contributed by atoms with van der Waals surface area (Å²) in [5.41, 5.74) is 3.88. The molecular formula is C18H16ClN5. The molecule has 120 valence electrons. The molecule has 1 aromatic heterocycles. The molecule has 4 rings (SSSR count). The van der Waals surface area contributed by atoms with Gasteiger partial charge in [-0.2, -0.15) is 5.10 Å². The first-order valence-electron chi connectivity index (χ1n) is 7.70. The van der Waals surface area contributed by atoms with E-state index in [0.717, 1.165) is 34.2 Å². The SMILES string of the molecule is Cc1nnc2n1-c1ccc(Cl)cc1/C(c1ccccc1)=N\N(C)C2. The third-order valence-electron chi connectivity index (χ3n) is 4.03. The van der Waals surface area contributed by atoms with Crippen LogP contribution in [0, 0.1) is 6.92 Å². The van der Waals surface area contributed by atoms with E-state index in [1.165, 1.54) is 0 Å². The van der Waals surface area contributed by atoms with Crippen molar-refractivity contribution in [2.75, 3.05) is 7.05 Å². The lowest BCUT2D eigenvalue weighted by Crippen LogP contribution is -2.23. The summed E-state index contributed by atoms with van der Waals surface area (Å²) in [5, 5.41) is 15.9. The Hall–Kier alpha value is -2.66. The smallest absolute Gasteiger partial charge is 0.158 e. The zero-order valence-electron chi connectivity index (χ0n) is 13.4. The summed E-state index contributed by atoms with van der Waals surface area (Å²) in [6, 6.07) is 16.0. The van der Waals surface area contributed by atoms with E-state index < -0.39 is 0 Å². The Morgan fingerprint density at radius 2 is 1.83 bits per heavy atom. The molecule has 0 unspecified atom stereocenters. The van der Waals surface area contributed by atoms with Crippen LogP contribution in [-0.4, -0.2) is 32.5 Å². The van der Waals surface area contributed by atoms with Gasteiger partial charge in [0, 0.05) is 23.2 Å². The maximum atomic E-state index is 6.29. The molecule has 0 saturated carbocycles. The average Bonchev–Trinajstić information content (AvgIpc) is 2.92. The minimum Gasteiger partial charge on any atom is -0.292 e. The van der Waals surface area contributed by atoms with Crippen molar-refractivity contribution in [1.82, 2.24) is 19.8 Å². The predicted octanol–water partition coefficient (Wildman–Crippen LogP) is 3.43. The summed E-state index contributed by atoms with van der Waals surface area (Å²) in [6.45, 7) is 2.54. The number of rotatable bonds is 1.